The molecule has 1 aliphatic heterocycles. The summed E-state index contributed by atoms with van der Waals surface area (Å²) in [5, 5.41) is 14.5. The number of nitro benzene ring substituents is 1. The molecule has 1 unspecified atom stereocenters. The molecule has 1 N–H and O–H groups in total. The van der Waals surface area contributed by atoms with Crippen LogP contribution in [0.4, 0.5) is 5.69 Å². The highest BCUT2D eigenvalue weighted by Crippen LogP contribution is 2.63. The number of dihydropyridines is 1. The van der Waals surface area contributed by atoms with Crippen LogP contribution >= 0.6 is 7.60 Å². The number of benzene rings is 1. The number of hydrogen-bond acceptors (Lipinski definition) is 8. The van der Waals surface area contributed by atoms with Crippen LogP contribution in [-0.4, -0.2) is 31.7 Å². The van der Waals surface area contributed by atoms with Crippen LogP contribution in [0.3, 0.4) is 0 Å². The van der Waals surface area contributed by atoms with Gasteiger partial charge in [0.2, 0.25) is 0 Å². The lowest BCUT2D eigenvalue weighted by molar-refractivity contribution is -0.384. The molecule has 1 heterocycles. The van der Waals surface area contributed by atoms with Crippen molar-refractivity contribution < 1.29 is 28.1 Å². The molecule has 1 aromatic rings. The van der Waals surface area contributed by atoms with E-state index in [-0.39, 0.29) is 23.2 Å². The molecule has 1 aliphatic rings. The maximum Gasteiger partial charge on any atom is 0.359 e. The maximum absolute atomic E-state index is 13.3. The monoisotopic (exact) mass is 410 g/mol. The van der Waals surface area contributed by atoms with Crippen LogP contribution < -0.4 is 5.32 Å². The fourth-order valence-electron chi connectivity index (χ4n) is 3.24. The van der Waals surface area contributed by atoms with Crippen LogP contribution in [0.25, 0.3) is 0 Å². The smallest absolute Gasteiger partial charge is 0.359 e. The second kappa shape index (κ2) is 8.68. The lowest BCUT2D eigenvalue weighted by atomic mass is 9.86. The third-order valence-corrected chi connectivity index (χ3v) is 6.56. The Morgan fingerprint density at radius 1 is 1.25 bits per heavy atom. The molecule has 0 radical (unpaired) electrons. The van der Waals surface area contributed by atoms with Crippen molar-refractivity contribution in [2.45, 2.75) is 26.7 Å². The van der Waals surface area contributed by atoms with Crippen LogP contribution in [0.1, 0.15) is 32.3 Å². The largest absolute Gasteiger partial charge is 0.463 e. The lowest BCUT2D eigenvalue weighted by Gasteiger charge is -2.33. The van der Waals surface area contributed by atoms with E-state index < -0.39 is 24.4 Å². The van der Waals surface area contributed by atoms with Gasteiger partial charge in [0, 0.05) is 37.7 Å². The van der Waals surface area contributed by atoms with E-state index in [9.17, 15) is 19.5 Å². The summed E-state index contributed by atoms with van der Waals surface area (Å²) in [7, 11) is -1.31. The number of nitro groups is 1. The highest BCUT2D eigenvalue weighted by molar-refractivity contribution is 7.58. The van der Waals surface area contributed by atoms with E-state index in [2.05, 4.69) is 5.32 Å². The van der Waals surface area contributed by atoms with Crippen LogP contribution in [0.2, 0.25) is 0 Å². The molecule has 152 valence electrons. The van der Waals surface area contributed by atoms with E-state index in [1.165, 1.54) is 32.4 Å². The molecule has 1 aromatic carbocycles. The Morgan fingerprint density at radius 2 is 1.89 bits per heavy atom. The minimum absolute atomic E-state index is 0.140. The zero-order valence-corrected chi connectivity index (χ0v) is 17.2. The topological polar surface area (TPSA) is 117 Å². The summed E-state index contributed by atoms with van der Waals surface area (Å²) in [4.78, 5) is 23.4. The quantitative estimate of drug-likeness (QED) is 0.312. The molecule has 0 bridgehead atoms. The molecular formula is C18H23N2O7P. The van der Waals surface area contributed by atoms with Crippen molar-refractivity contribution in [3.05, 3.63) is 62.2 Å². The van der Waals surface area contributed by atoms with Gasteiger partial charge in [0.05, 0.1) is 28.3 Å². The van der Waals surface area contributed by atoms with Crippen LogP contribution in [0.5, 0.6) is 0 Å². The van der Waals surface area contributed by atoms with Crippen molar-refractivity contribution in [3.8, 4) is 0 Å². The average molecular weight is 410 g/mol. The van der Waals surface area contributed by atoms with Crippen LogP contribution in [-0.2, 0) is 23.1 Å². The Bertz CT molecular complexity index is 899. The third-order valence-electron chi connectivity index (χ3n) is 4.41. The summed E-state index contributed by atoms with van der Waals surface area (Å²) in [6.45, 7) is 5.17. The molecule has 0 saturated heterocycles. The molecule has 0 amide bonds. The number of allylic oxidation sites excluding steroid dienone is 3. The van der Waals surface area contributed by atoms with Gasteiger partial charge in [0.25, 0.3) is 5.69 Å². The summed E-state index contributed by atoms with van der Waals surface area (Å²) < 4.78 is 28.8. The third kappa shape index (κ3) is 4.01. The van der Waals surface area contributed by atoms with Gasteiger partial charge in [-0.15, -0.1) is 0 Å². The molecule has 0 saturated carbocycles. The predicted octanol–water partition coefficient (Wildman–Crippen LogP) is 3.84. The number of ether oxygens (including phenoxy) is 1. The van der Waals surface area contributed by atoms with Gasteiger partial charge >= 0.3 is 13.6 Å². The minimum atomic E-state index is -3.79. The number of rotatable bonds is 7. The van der Waals surface area contributed by atoms with E-state index in [4.69, 9.17) is 13.8 Å². The first-order chi connectivity index (χ1) is 13.2. The van der Waals surface area contributed by atoms with E-state index in [0.717, 1.165) is 0 Å². The Labute approximate surface area is 163 Å². The number of esters is 1. The van der Waals surface area contributed by atoms with Crippen molar-refractivity contribution in [2.75, 3.05) is 20.8 Å². The van der Waals surface area contributed by atoms with Gasteiger partial charge in [0.15, 0.2) is 0 Å². The van der Waals surface area contributed by atoms with Gasteiger partial charge in [0.1, 0.15) is 0 Å². The van der Waals surface area contributed by atoms with Gasteiger partial charge in [-0.25, -0.2) is 4.79 Å². The first kappa shape index (κ1) is 21.8. The highest BCUT2D eigenvalue weighted by Gasteiger charge is 2.44. The average Bonchev–Trinajstić information content (AvgIpc) is 2.67. The molecular weight excluding hydrogens is 387 g/mol. The summed E-state index contributed by atoms with van der Waals surface area (Å²) >= 11 is 0. The Kier molecular flexibility index (Phi) is 6.77. The SMILES string of the molecule is CCOC(=O)C1=C(C)NC(C)=C(P(=O)(OC)OC)C1c1cccc([N+](=O)[O-])c1. The summed E-state index contributed by atoms with van der Waals surface area (Å²) in [5.41, 5.74) is 1.42. The number of hydrogen-bond donors (Lipinski definition) is 1. The van der Waals surface area contributed by atoms with Crippen molar-refractivity contribution >= 4 is 19.3 Å². The van der Waals surface area contributed by atoms with E-state index in [0.29, 0.717) is 17.0 Å². The van der Waals surface area contributed by atoms with Crippen molar-refractivity contribution in [2.24, 2.45) is 0 Å². The van der Waals surface area contributed by atoms with Crippen molar-refractivity contribution in [1.29, 1.82) is 0 Å². The molecule has 0 aromatic heterocycles. The van der Waals surface area contributed by atoms with Gasteiger partial charge in [-0.3, -0.25) is 14.7 Å². The standard InChI is InChI=1S/C18H23N2O7P/c1-6-27-18(21)15-11(2)19-12(3)17(28(24,25-4)26-5)16(15)13-8-7-9-14(10-13)20(22)23/h7-10,16,19H,6H2,1-5H3. The molecule has 0 fully saturated rings. The zero-order chi connectivity index (χ0) is 21.1. The summed E-state index contributed by atoms with van der Waals surface area (Å²) in [5.74, 6) is -1.52. The van der Waals surface area contributed by atoms with Crippen LogP contribution in [0, 0.1) is 10.1 Å². The minimum Gasteiger partial charge on any atom is -0.463 e. The van der Waals surface area contributed by atoms with Gasteiger partial charge in [-0.05, 0) is 26.3 Å². The number of nitrogens with one attached hydrogen (secondary N) is 1. The molecule has 10 heteroatoms. The van der Waals surface area contributed by atoms with E-state index in [1.54, 1.807) is 26.8 Å². The first-order valence-corrected chi connectivity index (χ1v) is 10.1. The lowest BCUT2D eigenvalue weighted by Crippen LogP contribution is -2.29. The summed E-state index contributed by atoms with van der Waals surface area (Å²) in [6, 6.07) is 5.81. The normalized spacial score (nSPS) is 17.4. The highest BCUT2D eigenvalue weighted by atomic mass is 31.2. The fraction of sp³-hybridized carbons (Fsp3) is 0.389. The number of carbonyl (C=O) groups excluding carboxylic acids is 1. The summed E-state index contributed by atoms with van der Waals surface area (Å²) in [6.07, 6.45) is 0. The van der Waals surface area contributed by atoms with E-state index in [1.807, 2.05) is 0 Å². The fourth-order valence-corrected chi connectivity index (χ4v) is 4.84. The predicted molar refractivity (Wildman–Crippen MR) is 103 cm³/mol. The second-order valence-electron chi connectivity index (χ2n) is 6.04. The first-order valence-electron chi connectivity index (χ1n) is 8.52. The Hall–Kier alpha value is -2.48. The molecule has 1 atom stereocenters. The molecule has 9 nitrogen and oxygen atoms in total. The molecule has 0 spiro atoms. The Balaban J connectivity index is 2.79. The molecule has 2 rings (SSSR count). The van der Waals surface area contributed by atoms with E-state index >= 15 is 0 Å². The van der Waals surface area contributed by atoms with Crippen LogP contribution in [0.15, 0.2) is 46.5 Å². The maximum atomic E-state index is 13.3. The zero-order valence-electron chi connectivity index (χ0n) is 16.3. The van der Waals surface area contributed by atoms with Gasteiger partial charge < -0.3 is 19.1 Å². The van der Waals surface area contributed by atoms with Crippen molar-refractivity contribution in [3.63, 3.8) is 0 Å². The number of nitrogens with zero attached hydrogens (tertiary/aromatic N) is 1. The second-order valence-corrected chi connectivity index (χ2v) is 8.25. The van der Waals surface area contributed by atoms with Crippen molar-refractivity contribution in [1.82, 2.24) is 5.32 Å². The molecule has 0 aliphatic carbocycles. The number of non-ortho nitro benzene ring substituents is 1. The van der Waals surface area contributed by atoms with Gasteiger partial charge in [-0.1, -0.05) is 12.1 Å². The number of carbonyl (C=O) groups is 1. The Morgan fingerprint density at radius 3 is 2.43 bits per heavy atom. The van der Waals surface area contributed by atoms with Gasteiger partial charge in [-0.2, -0.15) is 0 Å². The molecule has 28 heavy (non-hydrogen) atoms.